The topological polar surface area (TPSA) is 48.9 Å². The molecule has 2 aromatic heterocycles. The van der Waals surface area contributed by atoms with Gasteiger partial charge in [-0.25, -0.2) is 9.37 Å². The predicted molar refractivity (Wildman–Crippen MR) is 106 cm³/mol. The van der Waals surface area contributed by atoms with Crippen LogP contribution in [0.25, 0.3) is 44.2 Å². The molecule has 0 saturated carbocycles. The number of hydrogen-bond donors (Lipinski definition) is 2. The van der Waals surface area contributed by atoms with Gasteiger partial charge < -0.3 is 10.1 Å². The Morgan fingerprint density at radius 1 is 0.815 bits per heavy atom. The van der Waals surface area contributed by atoms with Crippen molar-refractivity contribution in [3.63, 3.8) is 0 Å². The summed E-state index contributed by atoms with van der Waals surface area (Å²) >= 11 is 0. The monoisotopic (exact) mass is 354 g/mol. The molecule has 5 aromatic rings. The molecule has 2 heterocycles. The van der Waals surface area contributed by atoms with Gasteiger partial charge in [0, 0.05) is 16.3 Å². The van der Waals surface area contributed by atoms with Crippen LogP contribution in [0.5, 0.6) is 5.88 Å². The third-order valence-corrected chi connectivity index (χ3v) is 4.79. The number of hydrogen-bond acceptors (Lipinski definition) is 2. The number of aromatic hydroxyl groups is 1. The van der Waals surface area contributed by atoms with Crippen molar-refractivity contribution < 1.29 is 9.50 Å². The molecule has 0 radical (unpaired) electrons. The second-order valence-corrected chi connectivity index (χ2v) is 6.51. The molecule has 5 rings (SSSR count). The zero-order chi connectivity index (χ0) is 18.4. The molecule has 0 atom stereocenters. The van der Waals surface area contributed by atoms with Crippen molar-refractivity contribution in [1.29, 1.82) is 0 Å². The van der Waals surface area contributed by atoms with Crippen molar-refractivity contribution in [3.8, 4) is 28.3 Å². The van der Waals surface area contributed by atoms with Crippen LogP contribution in [0.4, 0.5) is 4.39 Å². The minimum Gasteiger partial charge on any atom is -0.494 e. The standard InChI is InChI=1S/C23H15FN2O/c24-17-6-3-5-15(12-17)16-9-10-20-18(13-16)22(23(27)26-20)21-11-8-14-4-1-2-7-19(14)25-21/h1-13,26-27H. The van der Waals surface area contributed by atoms with Crippen LogP contribution in [0.15, 0.2) is 78.9 Å². The van der Waals surface area contributed by atoms with Gasteiger partial charge in [-0.05, 0) is 47.5 Å². The highest BCUT2D eigenvalue weighted by Crippen LogP contribution is 2.38. The first-order valence-electron chi connectivity index (χ1n) is 8.66. The van der Waals surface area contributed by atoms with Crippen LogP contribution in [0.2, 0.25) is 0 Å². The second kappa shape index (κ2) is 5.95. The average Bonchev–Trinajstić information content (AvgIpc) is 3.02. The molecule has 0 aliphatic rings. The Bertz CT molecular complexity index is 1310. The van der Waals surface area contributed by atoms with Gasteiger partial charge in [0.2, 0.25) is 0 Å². The van der Waals surface area contributed by atoms with Crippen LogP contribution in [-0.2, 0) is 0 Å². The summed E-state index contributed by atoms with van der Waals surface area (Å²) in [5.74, 6) is -0.204. The SMILES string of the molecule is Oc1[nH]c2ccc(-c3cccc(F)c3)cc2c1-c1ccc2ccccc2n1. The van der Waals surface area contributed by atoms with E-state index in [1.165, 1.54) is 12.1 Å². The molecule has 27 heavy (non-hydrogen) atoms. The number of nitrogens with zero attached hydrogens (tertiary/aromatic N) is 1. The lowest BCUT2D eigenvalue weighted by molar-refractivity contribution is 0.460. The van der Waals surface area contributed by atoms with Crippen LogP contribution in [0.3, 0.4) is 0 Å². The zero-order valence-corrected chi connectivity index (χ0v) is 14.3. The fourth-order valence-corrected chi connectivity index (χ4v) is 3.49. The largest absolute Gasteiger partial charge is 0.494 e. The summed E-state index contributed by atoms with van der Waals surface area (Å²) in [7, 11) is 0. The molecule has 0 saturated heterocycles. The summed E-state index contributed by atoms with van der Waals surface area (Å²) in [6.07, 6.45) is 0. The Balaban J connectivity index is 1.73. The van der Waals surface area contributed by atoms with Gasteiger partial charge in [-0.3, -0.25) is 0 Å². The highest BCUT2D eigenvalue weighted by Gasteiger charge is 2.15. The highest BCUT2D eigenvalue weighted by molar-refractivity contribution is 6.01. The lowest BCUT2D eigenvalue weighted by Crippen LogP contribution is -1.85. The minimum absolute atomic E-state index is 0.0733. The lowest BCUT2D eigenvalue weighted by atomic mass is 10.0. The molecule has 0 aliphatic heterocycles. The summed E-state index contributed by atoms with van der Waals surface area (Å²) in [6.45, 7) is 0. The quantitative estimate of drug-likeness (QED) is 0.415. The normalized spacial score (nSPS) is 11.3. The molecule has 130 valence electrons. The van der Waals surface area contributed by atoms with Gasteiger partial charge in [0.05, 0.1) is 16.8 Å². The number of H-pyrrole nitrogens is 1. The molecular formula is C23H15FN2O. The van der Waals surface area contributed by atoms with E-state index < -0.39 is 0 Å². The second-order valence-electron chi connectivity index (χ2n) is 6.51. The first-order chi connectivity index (χ1) is 13.2. The first kappa shape index (κ1) is 15.6. The third-order valence-electron chi connectivity index (χ3n) is 4.79. The van der Waals surface area contributed by atoms with Gasteiger partial charge in [0.1, 0.15) is 5.82 Å². The van der Waals surface area contributed by atoms with Gasteiger partial charge in [-0.15, -0.1) is 0 Å². The van der Waals surface area contributed by atoms with Crippen molar-refractivity contribution in [2.75, 3.05) is 0 Å². The lowest BCUT2D eigenvalue weighted by Gasteiger charge is -2.05. The van der Waals surface area contributed by atoms with Crippen molar-refractivity contribution in [3.05, 3.63) is 84.7 Å². The van der Waals surface area contributed by atoms with E-state index in [9.17, 15) is 9.50 Å². The summed E-state index contributed by atoms with van der Waals surface area (Å²) in [5, 5.41) is 12.4. The Labute approximate surface area is 154 Å². The van der Waals surface area contributed by atoms with E-state index in [0.29, 0.717) is 11.3 Å². The Morgan fingerprint density at radius 3 is 2.56 bits per heavy atom. The number of aromatic amines is 1. The van der Waals surface area contributed by atoms with Crippen molar-refractivity contribution in [1.82, 2.24) is 9.97 Å². The van der Waals surface area contributed by atoms with Gasteiger partial charge in [0.15, 0.2) is 5.88 Å². The number of halogens is 1. The molecule has 0 unspecified atom stereocenters. The number of nitrogens with one attached hydrogen (secondary N) is 1. The Hall–Kier alpha value is -3.66. The molecule has 2 N–H and O–H groups in total. The van der Waals surface area contributed by atoms with Crippen molar-refractivity contribution in [2.45, 2.75) is 0 Å². The Morgan fingerprint density at radius 2 is 1.67 bits per heavy atom. The summed E-state index contributed by atoms with van der Waals surface area (Å²) < 4.78 is 13.6. The number of fused-ring (bicyclic) bond motifs is 2. The predicted octanol–water partition coefficient (Wildman–Crippen LogP) is 5.89. The number of rotatable bonds is 2. The van der Waals surface area contributed by atoms with E-state index in [1.807, 2.05) is 60.7 Å². The van der Waals surface area contributed by atoms with E-state index in [0.717, 1.165) is 32.9 Å². The van der Waals surface area contributed by atoms with Crippen LogP contribution in [-0.4, -0.2) is 15.1 Å². The zero-order valence-electron chi connectivity index (χ0n) is 14.3. The van der Waals surface area contributed by atoms with Crippen molar-refractivity contribution in [2.24, 2.45) is 0 Å². The summed E-state index contributed by atoms with van der Waals surface area (Å²) in [4.78, 5) is 7.71. The summed E-state index contributed by atoms with van der Waals surface area (Å²) in [6, 6.07) is 24.0. The average molecular weight is 354 g/mol. The molecule has 0 spiro atoms. The van der Waals surface area contributed by atoms with E-state index in [-0.39, 0.29) is 11.7 Å². The third kappa shape index (κ3) is 2.62. The summed E-state index contributed by atoms with van der Waals surface area (Å²) in [5.41, 5.74) is 4.67. The molecule has 3 nitrogen and oxygen atoms in total. The van der Waals surface area contributed by atoms with E-state index >= 15 is 0 Å². The number of benzene rings is 3. The van der Waals surface area contributed by atoms with Crippen LogP contribution >= 0.6 is 0 Å². The van der Waals surface area contributed by atoms with Crippen LogP contribution in [0, 0.1) is 5.82 Å². The molecule has 0 aliphatic carbocycles. The van der Waals surface area contributed by atoms with Gasteiger partial charge in [-0.1, -0.05) is 42.5 Å². The Kier molecular flexibility index (Phi) is 3.44. The molecule has 0 amide bonds. The fourth-order valence-electron chi connectivity index (χ4n) is 3.49. The van der Waals surface area contributed by atoms with E-state index in [4.69, 9.17) is 4.98 Å². The maximum Gasteiger partial charge on any atom is 0.199 e. The molecular weight excluding hydrogens is 339 g/mol. The van der Waals surface area contributed by atoms with Gasteiger partial charge >= 0.3 is 0 Å². The maximum absolute atomic E-state index is 13.6. The minimum atomic E-state index is -0.277. The molecule has 4 heteroatoms. The van der Waals surface area contributed by atoms with Gasteiger partial charge in [-0.2, -0.15) is 0 Å². The van der Waals surface area contributed by atoms with Crippen molar-refractivity contribution >= 4 is 21.8 Å². The first-order valence-corrected chi connectivity index (χ1v) is 8.66. The number of pyridine rings is 1. The number of para-hydroxylation sites is 1. The fraction of sp³-hybridized carbons (Fsp3) is 0. The van der Waals surface area contributed by atoms with E-state index in [2.05, 4.69) is 4.98 Å². The van der Waals surface area contributed by atoms with E-state index in [1.54, 1.807) is 6.07 Å². The number of aromatic nitrogens is 2. The molecule has 3 aromatic carbocycles. The molecule has 0 fully saturated rings. The van der Waals surface area contributed by atoms with Crippen LogP contribution < -0.4 is 0 Å². The molecule has 0 bridgehead atoms. The smallest absolute Gasteiger partial charge is 0.199 e. The maximum atomic E-state index is 13.6. The highest BCUT2D eigenvalue weighted by atomic mass is 19.1. The van der Waals surface area contributed by atoms with Gasteiger partial charge in [0.25, 0.3) is 0 Å². The van der Waals surface area contributed by atoms with Crippen LogP contribution in [0.1, 0.15) is 0 Å².